The van der Waals surface area contributed by atoms with E-state index in [0.29, 0.717) is 23.4 Å². The van der Waals surface area contributed by atoms with Crippen LogP contribution in [0.4, 0.5) is 0 Å². The third kappa shape index (κ3) is 5.44. The first-order valence-electron chi connectivity index (χ1n) is 12.7. The van der Waals surface area contributed by atoms with Crippen molar-refractivity contribution in [3.63, 3.8) is 0 Å². The fourth-order valence-electron chi connectivity index (χ4n) is 4.79. The number of hydrazine groups is 1. The molecule has 1 fully saturated rings. The molecule has 3 amide bonds. The summed E-state index contributed by atoms with van der Waals surface area (Å²) in [6.45, 7) is 1.36. The summed E-state index contributed by atoms with van der Waals surface area (Å²) in [6, 6.07) is 18.8. The van der Waals surface area contributed by atoms with Crippen LogP contribution in [-0.2, 0) is 9.59 Å². The predicted octanol–water partition coefficient (Wildman–Crippen LogP) is 5.06. The maximum Gasteiger partial charge on any atom is 0.343 e. The Morgan fingerprint density at radius 3 is 1.90 bits per heavy atom. The van der Waals surface area contributed by atoms with E-state index in [0.717, 1.165) is 15.6 Å². The minimum atomic E-state index is -0.679. The van der Waals surface area contributed by atoms with Crippen LogP contribution in [0.2, 0.25) is 5.02 Å². The Labute approximate surface area is 235 Å². The van der Waals surface area contributed by atoms with Gasteiger partial charge in [-0.1, -0.05) is 41.4 Å². The minimum absolute atomic E-state index is 0.171. The van der Waals surface area contributed by atoms with Gasteiger partial charge in [-0.05, 0) is 80.4 Å². The summed E-state index contributed by atoms with van der Waals surface area (Å²) < 4.78 is 5.40. The molecule has 2 aliphatic rings. The molecule has 0 bridgehead atoms. The second-order valence-electron chi connectivity index (χ2n) is 9.72. The molecule has 1 heterocycles. The SMILES string of the molecule is Cc1ccc(C(=O)Oc2ccc(C(=O)CN(C(=O)c3ccc(Cl)cc3)N3C(=O)[C@H]4CC=CC[C@@H]4C3=O)cc2)cc1. The first kappa shape index (κ1) is 27.0. The number of esters is 1. The van der Waals surface area contributed by atoms with E-state index in [-0.39, 0.29) is 16.9 Å². The maximum absolute atomic E-state index is 13.5. The first-order valence-corrected chi connectivity index (χ1v) is 13.1. The maximum atomic E-state index is 13.5. The molecule has 9 heteroatoms. The summed E-state index contributed by atoms with van der Waals surface area (Å²) in [5.74, 6) is -3.65. The van der Waals surface area contributed by atoms with Crippen molar-refractivity contribution in [2.45, 2.75) is 19.8 Å². The molecule has 3 aromatic rings. The molecule has 202 valence electrons. The zero-order valence-electron chi connectivity index (χ0n) is 21.6. The summed E-state index contributed by atoms with van der Waals surface area (Å²) in [4.78, 5) is 65.9. The standard InChI is InChI=1S/C31H25ClN2O6/c1-19-6-8-22(9-7-19)31(39)40-24-16-12-20(13-17-24)27(35)18-33(28(36)21-10-14-23(32)15-11-21)34-29(37)25-4-2-3-5-26(25)30(34)38/h2-3,6-17,25-26H,4-5,18H2,1H3/t25-,26-/m0/s1. The number of carbonyl (C=O) groups is 5. The van der Waals surface area contributed by atoms with Crippen LogP contribution in [0, 0.1) is 18.8 Å². The summed E-state index contributed by atoms with van der Waals surface area (Å²) in [7, 11) is 0. The van der Waals surface area contributed by atoms with Crippen LogP contribution in [0.15, 0.2) is 84.9 Å². The average molecular weight is 557 g/mol. The number of halogens is 1. The van der Waals surface area contributed by atoms with Crippen molar-refractivity contribution in [3.05, 3.63) is 112 Å². The van der Waals surface area contributed by atoms with Crippen LogP contribution < -0.4 is 4.74 Å². The number of aryl methyl sites for hydroxylation is 1. The Kier molecular flexibility index (Phi) is 7.62. The highest BCUT2D eigenvalue weighted by atomic mass is 35.5. The lowest BCUT2D eigenvalue weighted by Crippen LogP contribution is -2.52. The zero-order chi connectivity index (χ0) is 28.4. The van der Waals surface area contributed by atoms with Gasteiger partial charge in [0.25, 0.3) is 17.7 Å². The molecule has 3 aromatic carbocycles. The predicted molar refractivity (Wildman–Crippen MR) is 147 cm³/mol. The van der Waals surface area contributed by atoms with E-state index < -0.39 is 47.9 Å². The van der Waals surface area contributed by atoms with Gasteiger partial charge in [-0.25, -0.2) is 9.80 Å². The number of hydrogen-bond acceptors (Lipinski definition) is 6. The number of hydrogen-bond donors (Lipinski definition) is 0. The van der Waals surface area contributed by atoms with Crippen molar-refractivity contribution in [1.82, 2.24) is 10.0 Å². The molecule has 5 rings (SSSR count). The van der Waals surface area contributed by atoms with E-state index >= 15 is 0 Å². The molecule has 0 N–H and O–H groups in total. The van der Waals surface area contributed by atoms with Crippen molar-refractivity contribution in [2.75, 3.05) is 6.54 Å². The van der Waals surface area contributed by atoms with Crippen molar-refractivity contribution in [2.24, 2.45) is 11.8 Å². The van der Waals surface area contributed by atoms with E-state index in [1.165, 1.54) is 48.5 Å². The topological polar surface area (TPSA) is 101 Å². The van der Waals surface area contributed by atoms with E-state index in [1.54, 1.807) is 24.3 Å². The largest absolute Gasteiger partial charge is 0.423 e. The Balaban J connectivity index is 1.36. The number of imide groups is 1. The second-order valence-corrected chi connectivity index (χ2v) is 10.2. The molecule has 0 aromatic heterocycles. The Morgan fingerprint density at radius 1 is 0.800 bits per heavy atom. The van der Waals surface area contributed by atoms with Gasteiger partial charge in [-0.2, -0.15) is 5.01 Å². The summed E-state index contributed by atoms with van der Waals surface area (Å²) in [5.41, 5.74) is 1.78. The lowest BCUT2D eigenvalue weighted by molar-refractivity contribution is -0.154. The highest BCUT2D eigenvalue weighted by Gasteiger charge is 2.51. The number of allylic oxidation sites excluding steroid dienone is 2. The number of benzene rings is 3. The molecule has 1 aliphatic heterocycles. The second kappa shape index (κ2) is 11.3. The van der Waals surface area contributed by atoms with Gasteiger partial charge in [0.2, 0.25) is 0 Å². The molecule has 40 heavy (non-hydrogen) atoms. The minimum Gasteiger partial charge on any atom is -0.423 e. The van der Waals surface area contributed by atoms with Gasteiger partial charge < -0.3 is 4.74 Å². The van der Waals surface area contributed by atoms with Gasteiger partial charge in [0, 0.05) is 16.1 Å². The summed E-state index contributed by atoms with van der Waals surface area (Å²) >= 11 is 5.97. The molecule has 1 saturated heterocycles. The third-order valence-corrected chi connectivity index (χ3v) is 7.27. The van der Waals surface area contributed by atoms with Crippen molar-refractivity contribution >= 4 is 41.1 Å². The highest BCUT2D eigenvalue weighted by Crippen LogP contribution is 2.36. The van der Waals surface area contributed by atoms with E-state index in [4.69, 9.17) is 16.3 Å². The van der Waals surface area contributed by atoms with Gasteiger partial charge in [-0.15, -0.1) is 0 Å². The number of Topliss-reactive ketones (excluding diaryl/α,β-unsaturated/α-hetero) is 1. The Hall–Kier alpha value is -4.56. The van der Waals surface area contributed by atoms with Gasteiger partial charge in [0.1, 0.15) is 12.3 Å². The summed E-state index contributed by atoms with van der Waals surface area (Å²) in [6.07, 6.45) is 4.48. The summed E-state index contributed by atoms with van der Waals surface area (Å²) in [5, 5.41) is 2.15. The van der Waals surface area contributed by atoms with Gasteiger partial charge in [0.05, 0.1) is 17.4 Å². The molecular weight excluding hydrogens is 532 g/mol. The monoisotopic (exact) mass is 556 g/mol. The number of rotatable bonds is 7. The number of nitrogens with zero attached hydrogens (tertiary/aromatic N) is 2. The van der Waals surface area contributed by atoms with Crippen LogP contribution in [0.5, 0.6) is 5.75 Å². The van der Waals surface area contributed by atoms with Crippen LogP contribution in [0.3, 0.4) is 0 Å². The Bertz CT molecular complexity index is 1490. The number of ketones is 1. The quantitative estimate of drug-likeness (QED) is 0.133. The lowest BCUT2D eigenvalue weighted by Gasteiger charge is -2.30. The molecule has 2 atom stereocenters. The number of carbonyl (C=O) groups excluding carboxylic acids is 5. The average Bonchev–Trinajstić information content (AvgIpc) is 3.22. The highest BCUT2D eigenvalue weighted by molar-refractivity contribution is 6.30. The molecule has 8 nitrogen and oxygen atoms in total. The number of amides is 3. The Morgan fingerprint density at radius 2 is 1.32 bits per heavy atom. The molecule has 0 saturated carbocycles. The lowest BCUT2D eigenvalue weighted by atomic mass is 9.85. The normalized spacial score (nSPS) is 17.9. The third-order valence-electron chi connectivity index (χ3n) is 7.02. The van der Waals surface area contributed by atoms with Crippen molar-refractivity contribution in [1.29, 1.82) is 0 Å². The molecule has 1 aliphatic carbocycles. The van der Waals surface area contributed by atoms with Crippen LogP contribution in [-0.4, -0.2) is 46.0 Å². The molecular formula is C31H25ClN2O6. The van der Waals surface area contributed by atoms with E-state index in [9.17, 15) is 24.0 Å². The fourth-order valence-corrected chi connectivity index (χ4v) is 4.91. The molecule has 0 unspecified atom stereocenters. The van der Waals surface area contributed by atoms with Crippen LogP contribution >= 0.6 is 11.6 Å². The number of fused-ring (bicyclic) bond motifs is 1. The van der Waals surface area contributed by atoms with Crippen molar-refractivity contribution in [3.8, 4) is 5.75 Å². The van der Waals surface area contributed by atoms with Crippen LogP contribution in [0.25, 0.3) is 0 Å². The first-order chi connectivity index (χ1) is 19.2. The van der Waals surface area contributed by atoms with Crippen molar-refractivity contribution < 1.29 is 28.7 Å². The fraction of sp³-hybridized carbons (Fsp3) is 0.194. The van der Waals surface area contributed by atoms with Gasteiger partial charge in [0.15, 0.2) is 5.78 Å². The van der Waals surface area contributed by atoms with Crippen LogP contribution in [0.1, 0.15) is 49.5 Å². The smallest absolute Gasteiger partial charge is 0.343 e. The number of ether oxygens (including phenoxy) is 1. The molecule has 0 spiro atoms. The van der Waals surface area contributed by atoms with Gasteiger partial charge in [-0.3, -0.25) is 19.2 Å². The van der Waals surface area contributed by atoms with Gasteiger partial charge >= 0.3 is 5.97 Å². The molecule has 0 radical (unpaired) electrons. The van der Waals surface area contributed by atoms with E-state index in [2.05, 4.69) is 0 Å². The van der Waals surface area contributed by atoms with E-state index in [1.807, 2.05) is 19.1 Å². The zero-order valence-corrected chi connectivity index (χ0v) is 22.3.